The molecule has 1 saturated carbocycles. The Kier molecular flexibility index (Phi) is 8.24. The SMILES string of the molecule is CCC(Oc1ccc2c(c1)C(c1ccc(F)cc1)N(C(=O)C1CCCC1)CC2)C(=O)NCc1ccc(F)cc1. The van der Waals surface area contributed by atoms with Crippen molar-refractivity contribution in [3.63, 3.8) is 0 Å². The zero-order valence-corrected chi connectivity index (χ0v) is 22.2. The maximum atomic E-state index is 13.8. The van der Waals surface area contributed by atoms with E-state index in [4.69, 9.17) is 4.74 Å². The number of carbonyl (C=O) groups is 2. The number of hydrogen-bond donors (Lipinski definition) is 1. The number of benzene rings is 3. The lowest BCUT2D eigenvalue weighted by atomic mass is 9.87. The number of amides is 2. The number of ether oxygens (including phenoxy) is 1. The number of rotatable bonds is 8. The Morgan fingerprint density at radius 3 is 2.31 bits per heavy atom. The van der Waals surface area contributed by atoms with Crippen molar-refractivity contribution in [2.45, 2.75) is 64.1 Å². The number of halogens is 2. The fourth-order valence-corrected chi connectivity index (χ4v) is 5.71. The van der Waals surface area contributed by atoms with E-state index in [1.54, 1.807) is 24.3 Å². The van der Waals surface area contributed by atoms with E-state index in [0.717, 1.165) is 54.4 Å². The van der Waals surface area contributed by atoms with Crippen LogP contribution < -0.4 is 10.1 Å². The van der Waals surface area contributed by atoms with Crippen LogP contribution in [0.25, 0.3) is 0 Å². The first kappa shape index (κ1) is 26.9. The van der Waals surface area contributed by atoms with Crippen molar-refractivity contribution >= 4 is 11.8 Å². The number of nitrogens with zero attached hydrogens (tertiary/aromatic N) is 1. The highest BCUT2D eigenvalue weighted by Crippen LogP contribution is 2.40. The number of hydrogen-bond acceptors (Lipinski definition) is 3. The lowest BCUT2D eigenvalue weighted by Crippen LogP contribution is -2.43. The Bertz CT molecular complexity index is 1300. The van der Waals surface area contributed by atoms with Gasteiger partial charge in [0.05, 0.1) is 6.04 Å². The molecule has 2 amide bonds. The van der Waals surface area contributed by atoms with Crippen LogP contribution in [0.4, 0.5) is 8.78 Å². The van der Waals surface area contributed by atoms with Gasteiger partial charge in [-0.2, -0.15) is 0 Å². The fraction of sp³-hybridized carbons (Fsp3) is 0.375. The van der Waals surface area contributed by atoms with Crippen molar-refractivity contribution in [1.29, 1.82) is 0 Å². The lowest BCUT2D eigenvalue weighted by Gasteiger charge is -2.39. The van der Waals surface area contributed by atoms with Crippen molar-refractivity contribution < 1.29 is 23.1 Å². The van der Waals surface area contributed by atoms with Crippen LogP contribution in [-0.4, -0.2) is 29.4 Å². The molecule has 3 aromatic rings. The van der Waals surface area contributed by atoms with Gasteiger partial charge in [0.1, 0.15) is 17.4 Å². The molecule has 1 aliphatic heterocycles. The molecule has 0 spiro atoms. The summed E-state index contributed by atoms with van der Waals surface area (Å²) in [6.45, 7) is 2.76. The lowest BCUT2D eigenvalue weighted by molar-refractivity contribution is -0.137. The second-order valence-electron chi connectivity index (χ2n) is 10.4. The quantitative estimate of drug-likeness (QED) is 0.381. The third kappa shape index (κ3) is 6.13. The summed E-state index contributed by atoms with van der Waals surface area (Å²) in [5.41, 5.74) is 3.70. The number of fused-ring (bicyclic) bond motifs is 1. The first-order valence-corrected chi connectivity index (χ1v) is 13.8. The Morgan fingerprint density at radius 2 is 1.64 bits per heavy atom. The molecule has 0 bridgehead atoms. The van der Waals surface area contributed by atoms with Gasteiger partial charge in [-0.25, -0.2) is 8.78 Å². The zero-order chi connectivity index (χ0) is 27.4. The molecule has 0 saturated heterocycles. The first-order chi connectivity index (χ1) is 18.9. The van der Waals surface area contributed by atoms with Gasteiger partial charge in [0.15, 0.2) is 6.10 Å². The average molecular weight is 533 g/mol. The molecule has 5 nitrogen and oxygen atoms in total. The normalized spacial score (nSPS) is 17.9. The molecule has 204 valence electrons. The Morgan fingerprint density at radius 1 is 0.974 bits per heavy atom. The van der Waals surface area contributed by atoms with E-state index in [1.807, 2.05) is 30.0 Å². The van der Waals surface area contributed by atoms with Crippen LogP contribution in [0, 0.1) is 17.6 Å². The van der Waals surface area contributed by atoms with Crippen molar-refractivity contribution in [2.75, 3.05) is 6.54 Å². The second-order valence-corrected chi connectivity index (χ2v) is 10.4. The largest absolute Gasteiger partial charge is 0.481 e. The van der Waals surface area contributed by atoms with Crippen molar-refractivity contribution in [1.82, 2.24) is 10.2 Å². The molecule has 39 heavy (non-hydrogen) atoms. The van der Waals surface area contributed by atoms with Gasteiger partial charge >= 0.3 is 0 Å². The van der Waals surface area contributed by atoms with Crippen LogP contribution >= 0.6 is 0 Å². The maximum absolute atomic E-state index is 13.8. The molecule has 0 radical (unpaired) electrons. The molecule has 3 aromatic carbocycles. The van der Waals surface area contributed by atoms with E-state index in [-0.39, 0.29) is 42.0 Å². The summed E-state index contributed by atoms with van der Waals surface area (Å²) < 4.78 is 33.2. The highest BCUT2D eigenvalue weighted by atomic mass is 19.1. The van der Waals surface area contributed by atoms with E-state index < -0.39 is 6.10 Å². The summed E-state index contributed by atoms with van der Waals surface area (Å²) in [5, 5.41) is 2.87. The molecule has 7 heteroatoms. The molecule has 0 aromatic heterocycles. The van der Waals surface area contributed by atoms with Crippen LogP contribution in [0.15, 0.2) is 66.7 Å². The predicted octanol–water partition coefficient (Wildman–Crippen LogP) is 6.10. The second kappa shape index (κ2) is 12.0. The molecule has 1 aliphatic carbocycles. The Balaban J connectivity index is 1.38. The summed E-state index contributed by atoms with van der Waals surface area (Å²) in [6, 6.07) is 17.8. The fourth-order valence-electron chi connectivity index (χ4n) is 5.71. The molecular weight excluding hydrogens is 498 g/mol. The van der Waals surface area contributed by atoms with Crippen LogP contribution in [0.2, 0.25) is 0 Å². The number of nitrogens with one attached hydrogen (secondary N) is 1. The van der Waals surface area contributed by atoms with E-state index in [0.29, 0.717) is 18.7 Å². The van der Waals surface area contributed by atoms with Gasteiger partial charge in [-0.1, -0.05) is 50.1 Å². The molecule has 1 N–H and O–H groups in total. The Hall–Kier alpha value is -3.74. The summed E-state index contributed by atoms with van der Waals surface area (Å²) in [4.78, 5) is 28.5. The minimum atomic E-state index is -0.715. The Labute approximate surface area is 228 Å². The van der Waals surface area contributed by atoms with Crippen LogP contribution in [-0.2, 0) is 22.6 Å². The van der Waals surface area contributed by atoms with Crippen LogP contribution in [0.5, 0.6) is 5.75 Å². The van der Waals surface area contributed by atoms with Gasteiger partial charge in [-0.3, -0.25) is 9.59 Å². The van der Waals surface area contributed by atoms with Crippen LogP contribution in [0.1, 0.15) is 67.3 Å². The molecule has 2 atom stereocenters. The third-order valence-electron chi connectivity index (χ3n) is 7.84. The standard InChI is InChI=1S/C32H34F2N2O3/c1-2-29(31(37)35-20-21-7-12-25(33)13-8-21)39-27-16-11-22-17-18-36(32(38)24-5-3-4-6-24)30(28(22)19-27)23-9-14-26(34)15-10-23/h7-16,19,24,29-30H,2-6,17-18,20H2,1H3,(H,35,37). The summed E-state index contributed by atoms with van der Waals surface area (Å²) >= 11 is 0. The molecule has 5 rings (SSSR count). The van der Waals surface area contributed by atoms with Gasteiger partial charge in [-0.15, -0.1) is 0 Å². The smallest absolute Gasteiger partial charge is 0.261 e. The molecule has 2 unspecified atom stereocenters. The topological polar surface area (TPSA) is 58.6 Å². The third-order valence-corrected chi connectivity index (χ3v) is 7.84. The summed E-state index contributed by atoms with van der Waals surface area (Å²) in [7, 11) is 0. The summed E-state index contributed by atoms with van der Waals surface area (Å²) in [6.07, 6.45) is 4.43. The van der Waals surface area contributed by atoms with Gasteiger partial charge < -0.3 is 15.0 Å². The minimum Gasteiger partial charge on any atom is -0.481 e. The molecule has 1 fully saturated rings. The minimum absolute atomic E-state index is 0.0307. The van der Waals surface area contributed by atoms with Crippen molar-refractivity contribution in [3.8, 4) is 5.75 Å². The zero-order valence-electron chi connectivity index (χ0n) is 22.2. The van der Waals surface area contributed by atoms with E-state index in [2.05, 4.69) is 5.32 Å². The molecular formula is C32H34F2N2O3. The van der Waals surface area contributed by atoms with Crippen molar-refractivity contribution in [2.24, 2.45) is 5.92 Å². The first-order valence-electron chi connectivity index (χ1n) is 13.8. The van der Waals surface area contributed by atoms with Gasteiger partial charge in [0.2, 0.25) is 5.91 Å². The monoisotopic (exact) mass is 532 g/mol. The maximum Gasteiger partial charge on any atom is 0.261 e. The average Bonchev–Trinajstić information content (AvgIpc) is 3.50. The van der Waals surface area contributed by atoms with Gasteiger partial charge in [0, 0.05) is 19.0 Å². The molecule has 2 aliphatic rings. The highest BCUT2D eigenvalue weighted by Gasteiger charge is 2.36. The van der Waals surface area contributed by atoms with E-state index in [9.17, 15) is 18.4 Å². The predicted molar refractivity (Wildman–Crippen MR) is 145 cm³/mol. The van der Waals surface area contributed by atoms with E-state index >= 15 is 0 Å². The molecule has 1 heterocycles. The summed E-state index contributed by atoms with van der Waals surface area (Å²) in [5.74, 6) is -0.172. The van der Waals surface area contributed by atoms with Crippen LogP contribution in [0.3, 0.4) is 0 Å². The van der Waals surface area contributed by atoms with Gasteiger partial charge in [-0.05, 0) is 84.3 Å². The highest BCUT2D eigenvalue weighted by molar-refractivity contribution is 5.81. The van der Waals surface area contributed by atoms with E-state index in [1.165, 1.54) is 24.3 Å². The van der Waals surface area contributed by atoms with Gasteiger partial charge in [0.25, 0.3) is 5.91 Å². The number of carbonyl (C=O) groups excluding carboxylic acids is 2. The van der Waals surface area contributed by atoms with Crippen molar-refractivity contribution in [3.05, 3.63) is 101 Å².